The molecule has 0 bridgehead atoms. The molecule has 236 valence electrons. The second-order valence-corrected chi connectivity index (χ2v) is 11.8. The number of para-hydroxylation sites is 2. The van der Waals surface area contributed by atoms with E-state index in [1.54, 1.807) is 23.9 Å². The van der Waals surface area contributed by atoms with E-state index in [9.17, 15) is 14.7 Å². The number of ether oxygens (including phenoxy) is 2. The van der Waals surface area contributed by atoms with Gasteiger partial charge in [0.05, 0.1) is 30.2 Å². The molecule has 1 aromatic heterocycles. The topological polar surface area (TPSA) is 164 Å². The van der Waals surface area contributed by atoms with Crippen molar-refractivity contribution < 1.29 is 24.2 Å². The molecule has 11 nitrogen and oxygen atoms in total. The Labute approximate surface area is 266 Å². The highest BCUT2D eigenvalue weighted by atomic mass is 32.2. The quantitative estimate of drug-likeness (QED) is 0.0663. The largest absolute Gasteiger partial charge is 0.397 e. The molecule has 1 saturated heterocycles. The van der Waals surface area contributed by atoms with Gasteiger partial charge in [-0.3, -0.25) is 14.7 Å². The van der Waals surface area contributed by atoms with Gasteiger partial charge >= 0.3 is 0 Å². The average Bonchev–Trinajstić information content (AvgIpc) is 3.59. The van der Waals surface area contributed by atoms with Crippen LogP contribution in [-0.2, 0) is 25.7 Å². The summed E-state index contributed by atoms with van der Waals surface area (Å²) in [5, 5.41) is 22.7. The Kier molecular flexibility index (Phi) is 11.6. The zero-order valence-electron chi connectivity index (χ0n) is 24.9. The molecule has 1 aliphatic heterocycles. The number of unbranched alkanes of at least 4 members (excludes halogenated alkanes) is 2. The Balaban J connectivity index is 1.10. The first-order valence-corrected chi connectivity index (χ1v) is 16.0. The lowest BCUT2D eigenvalue weighted by atomic mass is 10.0. The zero-order valence-corrected chi connectivity index (χ0v) is 25.7. The van der Waals surface area contributed by atoms with E-state index in [0.717, 1.165) is 28.3 Å². The number of hydrogen-bond donors (Lipinski definition) is 5. The Morgan fingerprint density at radius 2 is 1.62 bits per heavy atom. The number of benzene rings is 3. The predicted molar refractivity (Wildman–Crippen MR) is 173 cm³/mol. The van der Waals surface area contributed by atoms with E-state index in [2.05, 4.69) is 25.8 Å². The summed E-state index contributed by atoms with van der Waals surface area (Å²) in [7, 11) is 0. The van der Waals surface area contributed by atoms with Crippen LogP contribution in [0.2, 0.25) is 0 Å². The number of anilines is 3. The highest BCUT2D eigenvalue weighted by Gasteiger charge is 2.32. The Hall–Kier alpha value is -4.23. The monoisotopic (exact) mass is 630 g/mol. The molecular formula is C33H38N6O5S. The van der Waals surface area contributed by atoms with Crippen molar-refractivity contribution >= 4 is 40.6 Å². The smallest absolute Gasteiger partial charge is 0.224 e. The molecule has 6 N–H and O–H groups in total. The number of nitrogen functional groups attached to an aromatic ring is 1. The van der Waals surface area contributed by atoms with Crippen LogP contribution < -0.4 is 16.4 Å². The molecule has 3 aromatic carbocycles. The van der Waals surface area contributed by atoms with Gasteiger partial charge in [0.1, 0.15) is 6.33 Å². The number of aliphatic hydroxyl groups excluding tert-OH is 1. The molecule has 2 heterocycles. The van der Waals surface area contributed by atoms with E-state index in [0.29, 0.717) is 54.9 Å². The van der Waals surface area contributed by atoms with Crippen molar-refractivity contribution in [2.45, 2.75) is 68.8 Å². The summed E-state index contributed by atoms with van der Waals surface area (Å²) in [5.74, 6) is 0.500. The molecule has 1 aliphatic rings. The Morgan fingerprint density at radius 1 is 0.911 bits per heavy atom. The van der Waals surface area contributed by atoms with Gasteiger partial charge in [-0.1, -0.05) is 66.7 Å². The van der Waals surface area contributed by atoms with Gasteiger partial charge in [-0.15, -0.1) is 0 Å². The van der Waals surface area contributed by atoms with Crippen molar-refractivity contribution in [3.05, 3.63) is 95.8 Å². The normalized spacial score (nSPS) is 17.9. The van der Waals surface area contributed by atoms with E-state index < -0.39 is 6.29 Å². The minimum Gasteiger partial charge on any atom is -0.397 e. The minimum atomic E-state index is -0.595. The zero-order chi connectivity index (χ0) is 31.4. The van der Waals surface area contributed by atoms with Gasteiger partial charge in [0.25, 0.3) is 0 Å². The molecule has 2 amide bonds. The summed E-state index contributed by atoms with van der Waals surface area (Å²) in [6, 6.07) is 22.4. The van der Waals surface area contributed by atoms with Crippen LogP contribution in [0.25, 0.3) is 0 Å². The summed E-state index contributed by atoms with van der Waals surface area (Å²) in [6.45, 7) is -0.0128. The van der Waals surface area contributed by atoms with E-state index in [1.165, 1.54) is 6.33 Å². The fourth-order valence-corrected chi connectivity index (χ4v) is 5.77. The number of aromatic amines is 1. The van der Waals surface area contributed by atoms with Crippen molar-refractivity contribution in [3.8, 4) is 0 Å². The lowest BCUT2D eigenvalue weighted by molar-refractivity contribution is -0.245. The van der Waals surface area contributed by atoms with Crippen molar-refractivity contribution in [2.75, 3.05) is 22.1 Å². The molecule has 5 rings (SSSR count). The van der Waals surface area contributed by atoms with Crippen LogP contribution in [0, 0.1) is 0 Å². The average molecular weight is 631 g/mol. The lowest BCUT2D eigenvalue weighted by Crippen LogP contribution is -2.31. The molecule has 0 radical (unpaired) electrons. The maximum Gasteiger partial charge on any atom is 0.224 e. The first kappa shape index (κ1) is 32.2. The maximum atomic E-state index is 12.5. The number of nitrogens with one attached hydrogen (secondary N) is 3. The number of nitrogens with two attached hydrogens (primary N) is 1. The van der Waals surface area contributed by atoms with Crippen molar-refractivity contribution in [3.63, 3.8) is 0 Å². The van der Waals surface area contributed by atoms with Crippen molar-refractivity contribution in [1.82, 2.24) is 15.2 Å². The first-order valence-electron chi connectivity index (χ1n) is 15.0. The van der Waals surface area contributed by atoms with Gasteiger partial charge in [0.15, 0.2) is 11.4 Å². The molecule has 12 heteroatoms. The highest BCUT2D eigenvalue weighted by molar-refractivity contribution is 7.99. The van der Waals surface area contributed by atoms with Crippen LogP contribution >= 0.6 is 11.8 Å². The van der Waals surface area contributed by atoms with Crippen LogP contribution in [0.5, 0.6) is 0 Å². The number of H-pyrrole nitrogens is 1. The second kappa shape index (κ2) is 16.2. The van der Waals surface area contributed by atoms with Crippen LogP contribution in [0.15, 0.2) is 84.3 Å². The first-order chi connectivity index (χ1) is 22.0. The summed E-state index contributed by atoms with van der Waals surface area (Å²) in [4.78, 5) is 28.9. The van der Waals surface area contributed by atoms with E-state index in [-0.39, 0.29) is 30.6 Å². The number of thioether (sulfide) groups is 1. The summed E-state index contributed by atoms with van der Waals surface area (Å²) in [5.41, 5.74) is 10.4. The van der Waals surface area contributed by atoms with E-state index >= 15 is 0 Å². The molecule has 45 heavy (non-hydrogen) atoms. The third kappa shape index (κ3) is 9.63. The molecule has 3 atom stereocenters. The molecule has 0 aliphatic carbocycles. The van der Waals surface area contributed by atoms with Crippen molar-refractivity contribution in [2.24, 2.45) is 0 Å². The van der Waals surface area contributed by atoms with Crippen LogP contribution in [-0.4, -0.2) is 44.0 Å². The summed E-state index contributed by atoms with van der Waals surface area (Å²) < 4.78 is 12.8. The van der Waals surface area contributed by atoms with Crippen molar-refractivity contribution in [1.29, 1.82) is 0 Å². The molecule has 0 spiro atoms. The number of carbonyl (C=O) groups excluding carboxylic acids is 2. The third-order valence-corrected chi connectivity index (χ3v) is 8.43. The lowest BCUT2D eigenvalue weighted by Gasteiger charge is -2.36. The van der Waals surface area contributed by atoms with Crippen LogP contribution in [0.3, 0.4) is 0 Å². The van der Waals surface area contributed by atoms with Gasteiger partial charge in [-0.2, -0.15) is 5.10 Å². The van der Waals surface area contributed by atoms with Crippen LogP contribution in [0.1, 0.15) is 67.6 Å². The van der Waals surface area contributed by atoms with Gasteiger partial charge in [0.2, 0.25) is 11.8 Å². The molecule has 4 aromatic rings. The van der Waals surface area contributed by atoms with E-state index in [1.807, 2.05) is 60.7 Å². The van der Waals surface area contributed by atoms with Gasteiger partial charge in [0, 0.05) is 36.3 Å². The van der Waals surface area contributed by atoms with Gasteiger partial charge in [-0.25, -0.2) is 4.98 Å². The molecule has 0 saturated carbocycles. The number of rotatable bonds is 14. The van der Waals surface area contributed by atoms with Crippen LogP contribution in [0.4, 0.5) is 17.1 Å². The SMILES string of the molecule is Nc1ccccc1NC(=O)CCCCCC(=O)Nc1ccc(C2OC(CSc3ncn[nH]3)CC(c3ccc(CO)cc3)O2)cc1. The molecule has 3 unspecified atom stereocenters. The number of amides is 2. The number of hydrogen-bond acceptors (Lipinski definition) is 9. The fourth-order valence-electron chi connectivity index (χ4n) is 4.98. The summed E-state index contributed by atoms with van der Waals surface area (Å²) >= 11 is 1.54. The Morgan fingerprint density at radius 3 is 2.31 bits per heavy atom. The minimum absolute atomic E-state index is 0.0128. The van der Waals surface area contributed by atoms with E-state index in [4.69, 9.17) is 15.2 Å². The molecular weight excluding hydrogens is 592 g/mol. The van der Waals surface area contributed by atoms with Gasteiger partial charge < -0.3 is 30.9 Å². The number of carbonyl (C=O) groups is 2. The number of aromatic nitrogens is 3. The Bertz CT molecular complexity index is 1520. The second-order valence-electron chi connectivity index (χ2n) is 10.8. The third-order valence-electron chi connectivity index (χ3n) is 7.42. The fraction of sp³-hybridized carbons (Fsp3) is 0.333. The summed E-state index contributed by atoms with van der Waals surface area (Å²) in [6.07, 6.45) is 4.12. The standard InChI is InChI=1S/C33H38N6O5S/c34-27-6-4-5-7-28(27)38-31(42)9-3-1-2-8-30(41)37-25-16-14-24(15-17-25)32-43-26(20-45-33-35-21-36-39-33)18-29(44-32)23-12-10-22(19-40)11-13-23/h4-7,10-17,21,26,29,32,40H,1-3,8-9,18-20,34H2,(H,37,41)(H,38,42)(H,35,36,39). The number of aliphatic hydroxyl groups is 1. The molecule has 1 fully saturated rings. The van der Waals surface area contributed by atoms with Gasteiger partial charge in [-0.05, 0) is 48.2 Å². The predicted octanol–water partition coefficient (Wildman–Crippen LogP) is 5.74. The highest BCUT2D eigenvalue weighted by Crippen LogP contribution is 2.39. The maximum absolute atomic E-state index is 12.5. The number of nitrogens with zero attached hydrogens (tertiary/aromatic N) is 2.